The van der Waals surface area contributed by atoms with Crippen molar-refractivity contribution in [1.82, 2.24) is 15.2 Å². The Labute approximate surface area is 204 Å². The van der Waals surface area contributed by atoms with Crippen LogP contribution >= 0.6 is 11.6 Å². The third kappa shape index (κ3) is 5.92. The summed E-state index contributed by atoms with van der Waals surface area (Å²) in [7, 11) is 0. The van der Waals surface area contributed by atoms with E-state index in [1.165, 1.54) is 5.69 Å². The molecule has 1 atom stereocenters. The van der Waals surface area contributed by atoms with Crippen molar-refractivity contribution in [2.24, 2.45) is 0 Å². The highest BCUT2D eigenvalue weighted by atomic mass is 35.5. The van der Waals surface area contributed by atoms with Gasteiger partial charge in [-0.25, -0.2) is 0 Å². The molecular formula is C26H28ClN5O2. The number of anilines is 2. The van der Waals surface area contributed by atoms with Crippen molar-refractivity contribution >= 4 is 34.8 Å². The maximum absolute atomic E-state index is 12.6. The third-order valence-corrected chi connectivity index (χ3v) is 6.29. The number of carbonyl (C=O) groups is 2. The summed E-state index contributed by atoms with van der Waals surface area (Å²) < 4.78 is 0. The molecular weight excluding hydrogens is 450 g/mol. The average Bonchev–Trinajstić information content (AvgIpc) is 2.88. The lowest BCUT2D eigenvalue weighted by Crippen LogP contribution is -2.50. The quantitative estimate of drug-likeness (QED) is 0.530. The molecule has 0 bridgehead atoms. The predicted octanol–water partition coefficient (Wildman–Crippen LogP) is 3.66. The van der Waals surface area contributed by atoms with E-state index < -0.39 is 11.8 Å². The molecule has 2 aromatic carbocycles. The number of para-hydroxylation sites is 1. The number of amides is 2. The molecule has 4 rings (SSSR count). The minimum Gasteiger partial charge on any atom is -0.369 e. The van der Waals surface area contributed by atoms with Crippen LogP contribution in [0, 0.1) is 6.92 Å². The van der Waals surface area contributed by atoms with Gasteiger partial charge in [0.25, 0.3) is 0 Å². The van der Waals surface area contributed by atoms with Gasteiger partial charge in [-0.15, -0.1) is 0 Å². The van der Waals surface area contributed by atoms with Gasteiger partial charge in [-0.05, 0) is 48.4 Å². The van der Waals surface area contributed by atoms with E-state index in [1.807, 2.05) is 43.5 Å². The number of aromatic nitrogens is 1. The van der Waals surface area contributed by atoms with Crippen LogP contribution in [0.4, 0.5) is 11.4 Å². The second-order valence-corrected chi connectivity index (χ2v) is 8.72. The fraction of sp³-hybridized carbons (Fsp3) is 0.269. The van der Waals surface area contributed by atoms with Gasteiger partial charge in [-0.1, -0.05) is 41.9 Å². The van der Waals surface area contributed by atoms with E-state index in [2.05, 4.69) is 37.6 Å². The van der Waals surface area contributed by atoms with E-state index in [4.69, 9.17) is 11.6 Å². The molecule has 8 heteroatoms. The molecule has 176 valence electrons. The standard InChI is InChI=1S/C26H28ClN5O2/c1-19-9-10-21(27)16-23(19)30-26(34)25(33)29-18-24(20-6-5-11-28-17-20)32-14-12-31(13-15-32)22-7-3-2-4-8-22/h2-11,16-17,24H,12-15,18H2,1H3,(H,29,33)(H,30,34)/t24-/m1/s1. The predicted molar refractivity (Wildman–Crippen MR) is 135 cm³/mol. The number of nitrogens with zero attached hydrogens (tertiary/aromatic N) is 3. The Morgan fingerprint density at radius 3 is 2.47 bits per heavy atom. The van der Waals surface area contributed by atoms with Gasteiger partial charge in [0.05, 0.1) is 6.04 Å². The van der Waals surface area contributed by atoms with E-state index in [0.717, 1.165) is 37.3 Å². The highest BCUT2D eigenvalue weighted by Gasteiger charge is 2.27. The van der Waals surface area contributed by atoms with Crippen LogP contribution in [0.25, 0.3) is 0 Å². The van der Waals surface area contributed by atoms with Gasteiger partial charge >= 0.3 is 11.8 Å². The first-order valence-corrected chi connectivity index (χ1v) is 11.7. The Hall–Kier alpha value is -3.42. The minimum atomic E-state index is -0.718. The van der Waals surface area contributed by atoms with Gasteiger partial charge in [0.15, 0.2) is 0 Å². The molecule has 0 aliphatic carbocycles. The summed E-state index contributed by atoms with van der Waals surface area (Å²) in [6, 6.07) is 19.3. The van der Waals surface area contributed by atoms with Crippen molar-refractivity contribution in [3.63, 3.8) is 0 Å². The number of pyridine rings is 1. The van der Waals surface area contributed by atoms with E-state index in [-0.39, 0.29) is 6.04 Å². The summed E-state index contributed by atoms with van der Waals surface area (Å²) in [5.41, 5.74) is 3.56. The molecule has 0 unspecified atom stereocenters. The Kier molecular flexibility index (Phi) is 7.77. The SMILES string of the molecule is Cc1ccc(Cl)cc1NC(=O)C(=O)NC[C@H](c1cccnc1)N1CCN(c2ccccc2)CC1. The molecule has 2 heterocycles. The monoisotopic (exact) mass is 477 g/mol. The number of nitrogens with one attached hydrogen (secondary N) is 2. The molecule has 1 aromatic heterocycles. The second-order valence-electron chi connectivity index (χ2n) is 8.28. The number of piperazine rings is 1. The van der Waals surface area contributed by atoms with Gasteiger partial charge in [0, 0.05) is 61.5 Å². The molecule has 1 aliphatic rings. The fourth-order valence-corrected chi connectivity index (χ4v) is 4.31. The molecule has 2 N–H and O–H groups in total. The van der Waals surface area contributed by atoms with Crippen LogP contribution in [0.5, 0.6) is 0 Å². The molecule has 3 aromatic rings. The largest absolute Gasteiger partial charge is 0.369 e. The maximum atomic E-state index is 12.6. The highest BCUT2D eigenvalue weighted by molar-refractivity contribution is 6.40. The molecule has 1 aliphatic heterocycles. The first-order chi connectivity index (χ1) is 16.5. The first-order valence-electron chi connectivity index (χ1n) is 11.3. The van der Waals surface area contributed by atoms with Crippen LogP contribution < -0.4 is 15.5 Å². The number of halogens is 1. The maximum Gasteiger partial charge on any atom is 0.313 e. The summed E-state index contributed by atoms with van der Waals surface area (Å²) in [5, 5.41) is 5.95. The van der Waals surface area contributed by atoms with Gasteiger partial charge in [-0.3, -0.25) is 19.5 Å². The minimum absolute atomic E-state index is 0.0868. The Bertz CT molecular complexity index is 1120. The van der Waals surface area contributed by atoms with Crippen LogP contribution in [0.2, 0.25) is 5.02 Å². The van der Waals surface area contributed by atoms with Crippen molar-refractivity contribution in [2.45, 2.75) is 13.0 Å². The lowest BCUT2D eigenvalue weighted by Gasteiger charge is -2.40. The highest BCUT2D eigenvalue weighted by Crippen LogP contribution is 2.24. The van der Waals surface area contributed by atoms with E-state index in [1.54, 1.807) is 24.4 Å². The van der Waals surface area contributed by atoms with Crippen molar-refractivity contribution < 1.29 is 9.59 Å². The van der Waals surface area contributed by atoms with Crippen molar-refractivity contribution in [2.75, 3.05) is 42.9 Å². The molecule has 0 spiro atoms. The Balaban J connectivity index is 1.39. The van der Waals surface area contributed by atoms with Gasteiger partial charge in [-0.2, -0.15) is 0 Å². The summed E-state index contributed by atoms with van der Waals surface area (Å²) in [4.78, 5) is 34.0. The van der Waals surface area contributed by atoms with Crippen molar-refractivity contribution in [3.8, 4) is 0 Å². The number of carbonyl (C=O) groups excluding carboxylic acids is 2. The Morgan fingerprint density at radius 2 is 1.76 bits per heavy atom. The lowest BCUT2D eigenvalue weighted by atomic mass is 10.1. The summed E-state index contributed by atoms with van der Waals surface area (Å²) in [6.07, 6.45) is 3.54. The van der Waals surface area contributed by atoms with Crippen molar-refractivity contribution in [3.05, 3.63) is 89.2 Å². The molecule has 1 saturated heterocycles. The normalized spacial score (nSPS) is 14.9. The zero-order valence-electron chi connectivity index (χ0n) is 19.1. The lowest BCUT2D eigenvalue weighted by molar-refractivity contribution is -0.136. The summed E-state index contributed by atoms with van der Waals surface area (Å²) in [6.45, 7) is 5.57. The van der Waals surface area contributed by atoms with Crippen LogP contribution in [-0.4, -0.2) is 54.4 Å². The topological polar surface area (TPSA) is 77.6 Å². The third-order valence-electron chi connectivity index (χ3n) is 6.06. The fourth-order valence-electron chi connectivity index (χ4n) is 4.14. The van der Waals surface area contributed by atoms with Gasteiger partial charge in [0.2, 0.25) is 0 Å². The molecule has 7 nitrogen and oxygen atoms in total. The first kappa shape index (κ1) is 23.7. The number of rotatable bonds is 6. The van der Waals surface area contributed by atoms with Crippen LogP contribution in [0.3, 0.4) is 0 Å². The number of hydrogen-bond acceptors (Lipinski definition) is 5. The van der Waals surface area contributed by atoms with Crippen LogP contribution in [0.1, 0.15) is 17.2 Å². The number of hydrogen-bond donors (Lipinski definition) is 2. The zero-order valence-corrected chi connectivity index (χ0v) is 19.8. The van der Waals surface area contributed by atoms with Gasteiger partial charge in [0.1, 0.15) is 0 Å². The molecule has 1 fully saturated rings. The van der Waals surface area contributed by atoms with E-state index in [9.17, 15) is 9.59 Å². The van der Waals surface area contributed by atoms with Gasteiger partial charge < -0.3 is 15.5 Å². The average molecular weight is 478 g/mol. The number of benzene rings is 2. The molecule has 34 heavy (non-hydrogen) atoms. The van der Waals surface area contributed by atoms with Crippen molar-refractivity contribution in [1.29, 1.82) is 0 Å². The molecule has 2 amide bonds. The van der Waals surface area contributed by atoms with E-state index >= 15 is 0 Å². The second kappa shape index (κ2) is 11.1. The summed E-state index contributed by atoms with van der Waals surface area (Å²) >= 11 is 6.02. The summed E-state index contributed by atoms with van der Waals surface area (Å²) in [5.74, 6) is -1.40. The number of aryl methyl sites for hydroxylation is 1. The molecule has 0 saturated carbocycles. The molecule has 0 radical (unpaired) electrons. The van der Waals surface area contributed by atoms with E-state index in [0.29, 0.717) is 17.3 Å². The Morgan fingerprint density at radius 1 is 1.00 bits per heavy atom. The zero-order chi connectivity index (χ0) is 23.9. The van der Waals surface area contributed by atoms with Crippen LogP contribution in [0.15, 0.2) is 73.1 Å². The van der Waals surface area contributed by atoms with Crippen LogP contribution in [-0.2, 0) is 9.59 Å². The smallest absolute Gasteiger partial charge is 0.313 e.